The number of piperidine rings is 2. The van der Waals surface area contributed by atoms with Gasteiger partial charge in [-0.05, 0) is 73.6 Å². The second-order valence-electron chi connectivity index (χ2n) is 11.5. The molecule has 3 aliphatic rings. The second kappa shape index (κ2) is 11.9. The molecule has 3 fully saturated rings. The largest absolute Gasteiger partial charge is 0.481 e. The van der Waals surface area contributed by atoms with Gasteiger partial charge < -0.3 is 29.3 Å². The van der Waals surface area contributed by atoms with Crippen molar-refractivity contribution >= 4 is 24.1 Å². The second-order valence-corrected chi connectivity index (χ2v) is 11.5. The maximum absolute atomic E-state index is 12.1. The van der Waals surface area contributed by atoms with E-state index in [4.69, 9.17) is 14.6 Å². The summed E-state index contributed by atoms with van der Waals surface area (Å²) in [7, 11) is 0. The van der Waals surface area contributed by atoms with Gasteiger partial charge in [0.2, 0.25) is 5.91 Å². The predicted octanol–water partition coefficient (Wildman–Crippen LogP) is 3.58. The normalized spacial score (nSPS) is 19.8. The number of carboxylic acid groups (broad SMARTS) is 1. The maximum Gasteiger partial charge on any atom is 0.410 e. The number of hydrogen-bond acceptors (Lipinski definition) is 6. The van der Waals surface area contributed by atoms with E-state index in [1.807, 2.05) is 46.4 Å². The Balaban J connectivity index is 0.000000251. The van der Waals surface area contributed by atoms with E-state index in [2.05, 4.69) is 0 Å². The Bertz CT molecular complexity index is 752. The molecule has 200 valence electrons. The SMILES string of the molecule is CC(C)(C)OC(=O)N1CCC(C(=O)N2CCC2)CC1.CC(C)(C)OC(=O)N1CCC(C(=O)O)CC1. The molecule has 10 nitrogen and oxygen atoms in total. The number of hydrogen-bond donors (Lipinski definition) is 1. The van der Waals surface area contributed by atoms with Crippen LogP contribution in [0.15, 0.2) is 0 Å². The zero-order chi connectivity index (χ0) is 26.4. The molecule has 0 aliphatic carbocycles. The average molecular weight is 498 g/mol. The lowest BCUT2D eigenvalue weighted by Gasteiger charge is -2.38. The molecule has 3 amide bonds. The average Bonchev–Trinajstić information content (AvgIpc) is 2.70. The number of carboxylic acids is 1. The van der Waals surface area contributed by atoms with E-state index in [-0.39, 0.29) is 29.9 Å². The predicted molar refractivity (Wildman–Crippen MR) is 130 cm³/mol. The quantitative estimate of drug-likeness (QED) is 0.620. The molecule has 35 heavy (non-hydrogen) atoms. The van der Waals surface area contributed by atoms with Crippen LogP contribution in [0.2, 0.25) is 0 Å². The zero-order valence-electron chi connectivity index (χ0n) is 22.2. The Labute approximate surface area is 208 Å². The molecular weight excluding hydrogens is 454 g/mol. The van der Waals surface area contributed by atoms with E-state index in [9.17, 15) is 19.2 Å². The molecule has 3 aliphatic heterocycles. The number of carbonyl (C=O) groups excluding carboxylic acids is 3. The smallest absolute Gasteiger partial charge is 0.410 e. The summed E-state index contributed by atoms with van der Waals surface area (Å²) >= 11 is 0. The number of ether oxygens (including phenoxy) is 2. The van der Waals surface area contributed by atoms with Gasteiger partial charge in [0.1, 0.15) is 11.2 Å². The summed E-state index contributed by atoms with van der Waals surface area (Å²) in [6, 6.07) is 0. The Hall–Kier alpha value is -2.52. The van der Waals surface area contributed by atoms with E-state index in [0.717, 1.165) is 32.4 Å². The lowest BCUT2D eigenvalue weighted by Crippen LogP contribution is -2.49. The molecule has 0 aromatic heterocycles. The third-order valence-corrected chi connectivity index (χ3v) is 6.16. The molecule has 0 unspecified atom stereocenters. The van der Waals surface area contributed by atoms with Crippen LogP contribution in [0, 0.1) is 11.8 Å². The standard InChI is InChI=1S/C14H24N2O3.C11H19NO4/c1-14(2,3)19-13(18)16-9-5-11(6-10-16)12(17)15-7-4-8-15;1-11(2,3)16-10(15)12-6-4-8(5-7-12)9(13)14/h11H,4-10H2,1-3H3;8H,4-7H2,1-3H3,(H,13,14). The van der Waals surface area contributed by atoms with Gasteiger partial charge in [0, 0.05) is 45.2 Å². The highest BCUT2D eigenvalue weighted by molar-refractivity contribution is 5.80. The van der Waals surface area contributed by atoms with Crippen LogP contribution in [0.5, 0.6) is 0 Å². The van der Waals surface area contributed by atoms with Crippen molar-refractivity contribution < 1.29 is 33.8 Å². The minimum Gasteiger partial charge on any atom is -0.481 e. The highest BCUT2D eigenvalue weighted by Crippen LogP contribution is 2.23. The van der Waals surface area contributed by atoms with Crippen LogP contribution >= 0.6 is 0 Å². The first-order valence-electron chi connectivity index (χ1n) is 12.6. The summed E-state index contributed by atoms with van der Waals surface area (Å²) in [6.45, 7) is 15.0. The number of nitrogens with zero attached hydrogens (tertiary/aromatic N) is 3. The molecule has 0 aromatic rings. The first-order valence-corrected chi connectivity index (χ1v) is 12.6. The molecule has 0 radical (unpaired) electrons. The van der Waals surface area contributed by atoms with Crippen molar-refractivity contribution in [3.05, 3.63) is 0 Å². The Morgan fingerprint density at radius 3 is 1.29 bits per heavy atom. The van der Waals surface area contributed by atoms with Crippen LogP contribution in [0.4, 0.5) is 9.59 Å². The van der Waals surface area contributed by atoms with E-state index < -0.39 is 17.2 Å². The summed E-state index contributed by atoms with van der Waals surface area (Å²) in [5, 5.41) is 8.81. The fourth-order valence-corrected chi connectivity index (χ4v) is 4.07. The first-order chi connectivity index (χ1) is 16.2. The molecule has 1 N–H and O–H groups in total. The van der Waals surface area contributed by atoms with Gasteiger partial charge in [0.05, 0.1) is 5.92 Å². The van der Waals surface area contributed by atoms with E-state index >= 15 is 0 Å². The van der Waals surface area contributed by atoms with Crippen molar-refractivity contribution in [2.45, 2.75) is 84.8 Å². The fourth-order valence-electron chi connectivity index (χ4n) is 4.07. The van der Waals surface area contributed by atoms with Crippen LogP contribution in [0.3, 0.4) is 0 Å². The summed E-state index contributed by atoms with van der Waals surface area (Å²) in [5.41, 5.74) is -0.956. The number of rotatable bonds is 2. The van der Waals surface area contributed by atoms with Crippen LogP contribution in [-0.4, -0.2) is 94.3 Å². The topological polar surface area (TPSA) is 117 Å². The molecule has 0 saturated carbocycles. The minimum absolute atomic E-state index is 0.0963. The van der Waals surface area contributed by atoms with Crippen molar-refractivity contribution in [2.24, 2.45) is 11.8 Å². The highest BCUT2D eigenvalue weighted by atomic mass is 16.6. The molecule has 3 heterocycles. The first kappa shape index (κ1) is 28.7. The van der Waals surface area contributed by atoms with Crippen LogP contribution in [0.1, 0.15) is 73.6 Å². The third kappa shape index (κ3) is 9.57. The van der Waals surface area contributed by atoms with Gasteiger partial charge >= 0.3 is 18.2 Å². The highest BCUT2D eigenvalue weighted by Gasteiger charge is 2.33. The molecule has 3 saturated heterocycles. The molecule has 0 spiro atoms. The van der Waals surface area contributed by atoms with Crippen molar-refractivity contribution in [3.63, 3.8) is 0 Å². The summed E-state index contributed by atoms with van der Waals surface area (Å²) in [4.78, 5) is 51.6. The molecule has 0 atom stereocenters. The monoisotopic (exact) mass is 497 g/mol. The third-order valence-electron chi connectivity index (χ3n) is 6.16. The van der Waals surface area contributed by atoms with E-state index in [1.165, 1.54) is 0 Å². The van der Waals surface area contributed by atoms with Gasteiger partial charge in [-0.15, -0.1) is 0 Å². The van der Waals surface area contributed by atoms with Crippen LogP contribution in [-0.2, 0) is 19.1 Å². The number of carbonyl (C=O) groups is 4. The Morgan fingerprint density at radius 2 is 1.00 bits per heavy atom. The van der Waals surface area contributed by atoms with Gasteiger partial charge in [-0.1, -0.05) is 0 Å². The maximum atomic E-state index is 12.1. The molecular formula is C25H43N3O7. The van der Waals surface area contributed by atoms with Crippen molar-refractivity contribution in [1.29, 1.82) is 0 Å². The van der Waals surface area contributed by atoms with Gasteiger partial charge in [-0.25, -0.2) is 9.59 Å². The summed E-state index contributed by atoms with van der Waals surface area (Å²) < 4.78 is 10.6. The lowest BCUT2D eigenvalue weighted by atomic mass is 9.94. The minimum atomic E-state index is -0.774. The Kier molecular flexibility index (Phi) is 9.80. The number of likely N-dealkylation sites (tertiary alicyclic amines) is 3. The Morgan fingerprint density at radius 1 is 0.629 bits per heavy atom. The van der Waals surface area contributed by atoms with Crippen molar-refractivity contribution in [3.8, 4) is 0 Å². The zero-order valence-corrected chi connectivity index (χ0v) is 22.2. The van der Waals surface area contributed by atoms with E-state index in [1.54, 1.807) is 9.80 Å². The fraction of sp³-hybridized carbons (Fsp3) is 0.840. The van der Waals surface area contributed by atoms with Gasteiger partial charge in [-0.2, -0.15) is 0 Å². The number of aliphatic carboxylic acids is 1. The van der Waals surface area contributed by atoms with Crippen LogP contribution < -0.4 is 0 Å². The van der Waals surface area contributed by atoms with Gasteiger partial charge in [-0.3, -0.25) is 9.59 Å². The molecule has 10 heteroatoms. The number of amides is 3. The van der Waals surface area contributed by atoms with Gasteiger partial charge in [0.15, 0.2) is 0 Å². The summed E-state index contributed by atoms with van der Waals surface area (Å²) in [5.74, 6) is -0.725. The molecule has 0 bridgehead atoms. The van der Waals surface area contributed by atoms with Crippen LogP contribution in [0.25, 0.3) is 0 Å². The van der Waals surface area contributed by atoms with Gasteiger partial charge in [0.25, 0.3) is 0 Å². The van der Waals surface area contributed by atoms with Crippen molar-refractivity contribution in [2.75, 3.05) is 39.3 Å². The lowest BCUT2D eigenvalue weighted by molar-refractivity contribution is -0.143. The van der Waals surface area contributed by atoms with Crippen molar-refractivity contribution in [1.82, 2.24) is 14.7 Å². The molecule has 0 aromatic carbocycles. The van der Waals surface area contributed by atoms with E-state index in [0.29, 0.717) is 39.0 Å². The molecule has 3 rings (SSSR count). The summed E-state index contributed by atoms with van der Waals surface area (Å²) in [6.07, 6.45) is 3.05.